The van der Waals surface area contributed by atoms with Gasteiger partial charge in [0.2, 0.25) is 5.91 Å². The number of amides is 1. The Morgan fingerprint density at radius 3 is 2.78 bits per heavy atom. The van der Waals surface area contributed by atoms with Gasteiger partial charge >= 0.3 is 5.69 Å². The molecule has 9 nitrogen and oxygen atoms in total. The standard InChI is InChI=1S/C18H19N3O6/c1-4-17(22)20-13-5-6-15(16(10-13)26-8-7-25-3)27-18-14(21(23)24)9-12(2)11-19-18/h4-6,9-11H,1,7-8H2,2-3H3,(H,20,22). The van der Waals surface area contributed by atoms with Crippen LogP contribution in [-0.2, 0) is 9.53 Å². The van der Waals surface area contributed by atoms with Crippen LogP contribution in [0.4, 0.5) is 11.4 Å². The van der Waals surface area contributed by atoms with Gasteiger partial charge in [0.1, 0.15) is 6.61 Å². The quantitative estimate of drug-likeness (QED) is 0.311. The predicted octanol–water partition coefficient (Wildman–Crippen LogP) is 3.24. The molecule has 1 amide bonds. The van der Waals surface area contributed by atoms with Gasteiger partial charge in [-0.25, -0.2) is 4.98 Å². The van der Waals surface area contributed by atoms with Gasteiger partial charge in [-0.2, -0.15) is 0 Å². The second-order valence-electron chi connectivity index (χ2n) is 5.39. The monoisotopic (exact) mass is 373 g/mol. The second-order valence-corrected chi connectivity index (χ2v) is 5.39. The van der Waals surface area contributed by atoms with E-state index < -0.39 is 4.92 Å². The smallest absolute Gasteiger partial charge is 0.331 e. The molecule has 9 heteroatoms. The normalized spacial score (nSPS) is 10.1. The minimum absolute atomic E-state index is 0.162. The van der Waals surface area contributed by atoms with E-state index in [2.05, 4.69) is 16.9 Å². The van der Waals surface area contributed by atoms with Crippen molar-refractivity contribution in [3.05, 3.63) is 58.8 Å². The highest BCUT2D eigenvalue weighted by atomic mass is 16.6. The number of hydrogen-bond donors (Lipinski definition) is 1. The van der Waals surface area contributed by atoms with Gasteiger partial charge in [-0.1, -0.05) is 6.58 Å². The number of anilines is 1. The van der Waals surface area contributed by atoms with Gasteiger partial charge in [-0.05, 0) is 30.7 Å². The van der Waals surface area contributed by atoms with Crippen LogP contribution in [0.15, 0.2) is 43.1 Å². The van der Waals surface area contributed by atoms with Crippen LogP contribution in [-0.4, -0.2) is 36.1 Å². The average Bonchev–Trinajstić information content (AvgIpc) is 2.64. The molecule has 2 rings (SSSR count). The van der Waals surface area contributed by atoms with Crippen LogP contribution in [0.3, 0.4) is 0 Å². The Hall–Kier alpha value is -3.46. The van der Waals surface area contributed by atoms with Gasteiger partial charge < -0.3 is 19.5 Å². The highest BCUT2D eigenvalue weighted by molar-refractivity contribution is 5.99. The predicted molar refractivity (Wildman–Crippen MR) is 98.3 cm³/mol. The molecule has 0 spiro atoms. The third-order valence-electron chi connectivity index (χ3n) is 3.31. The van der Waals surface area contributed by atoms with Crippen molar-refractivity contribution in [2.24, 2.45) is 0 Å². The van der Waals surface area contributed by atoms with Gasteiger partial charge in [0.25, 0.3) is 5.88 Å². The fourth-order valence-electron chi connectivity index (χ4n) is 2.07. The Kier molecular flexibility index (Phi) is 6.84. The van der Waals surface area contributed by atoms with Crippen molar-refractivity contribution in [2.75, 3.05) is 25.6 Å². The highest BCUT2D eigenvalue weighted by Crippen LogP contribution is 2.36. The van der Waals surface area contributed by atoms with Crippen molar-refractivity contribution in [2.45, 2.75) is 6.92 Å². The largest absolute Gasteiger partial charge is 0.487 e. The lowest BCUT2D eigenvalue weighted by molar-refractivity contribution is -0.386. The summed E-state index contributed by atoms with van der Waals surface area (Å²) >= 11 is 0. The second kappa shape index (κ2) is 9.30. The molecule has 142 valence electrons. The number of nitro groups is 1. The van der Waals surface area contributed by atoms with Crippen molar-refractivity contribution >= 4 is 17.3 Å². The first-order chi connectivity index (χ1) is 12.9. The van der Waals surface area contributed by atoms with Crippen molar-refractivity contribution in [3.63, 3.8) is 0 Å². The van der Waals surface area contributed by atoms with E-state index in [9.17, 15) is 14.9 Å². The number of rotatable bonds is 9. The van der Waals surface area contributed by atoms with Crippen LogP contribution in [0.5, 0.6) is 17.4 Å². The molecular formula is C18H19N3O6. The molecule has 0 aliphatic rings. The summed E-state index contributed by atoms with van der Waals surface area (Å²) in [6, 6.07) is 5.99. The lowest BCUT2D eigenvalue weighted by Crippen LogP contribution is -2.09. The third kappa shape index (κ3) is 5.51. The number of benzene rings is 1. The van der Waals surface area contributed by atoms with Crippen LogP contribution >= 0.6 is 0 Å². The van der Waals surface area contributed by atoms with E-state index in [4.69, 9.17) is 14.2 Å². The van der Waals surface area contributed by atoms with Crippen LogP contribution < -0.4 is 14.8 Å². The summed E-state index contributed by atoms with van der Waals surface area (Å²) < 4.78 is 16.2. The topological polar surface area (TPSA) is 113 Å². The summed E-state index contributed by atoms with van der Waals surface area (Å²) in [5.41, 5.74) is 0.820. The molecule has 1 aromatic carbocycles. The molecule has 0 atom stereocenters. The number of nitrogens with zero attached hydrogens (tertiary/aromatic N) is 2. The number of aromatic nitrogens is 1. The molecule has 27 heavy (non-hydrogen) atoms. The molecule has 0 radical (unpaired) electrons. The van der Waals surface area contributed by atoms with Crippen molar-refractivity contribution in [3.8, 4) is 17.4 Å². The summed E-state index contributed by atoms with van der Waals surface area (Å²) in [5.74, 6) is -0.0693. The van der Waals surface area contributed by atoms with Gasteiger partial charge in [0, 0.05) is 31.1 Å². The molecule has 0 aliphatic heterocycles. The van der Waals surface area contributed by atoms with E-state index in [1.807, 2.05) is 0 Å². The number of ether oxygens (including phenoxy) is 3. The van der Waals surface area contributed by atoms with E-state index >= 15 is 0 Å². The maximum Gasteiger partial charge on any atom is 0.331 e. The number of carbonyl (C=O) groups is 1. The number of nitrogens with one attached hydrogen (secondary N) is 1. The van der Waals surface area contributed by atoms with E-state index in [0.29, 0.717) is 17.9 Å². The zero-order chi connectivity index (χ0) is 19.8. The Morgan fingerprint density at radius 2 is 2.11 bits per heavy atom. The third-order valence-corrected chi connectivity index (χ3v) is 3.31. The first-order valence-corrected chi connectivity index (χ1v) is 7.92. The summed E-state index contributed by atoms with van der Waals surface area (Å²) in [6.07, 6.45) is 2.60. The van der Waals surface area contributed by atoms with Crippen molar-refractivity contribution in [1.29, 1.82) is 0 Å². The summed E-state index contributed by atoms with van der Waals surface area (Å²) in [7, 11) is 1.53. The van der Waals surface area contributed by atoms with Crippen molar-refractivity contribution < 1.29 is 23.9 Å². The van der Waals surface area contributed by atoms with Crippen LogP contribution in [0.2, 0.25) is 0 Å². The maximum absolute atomic E-state index is 11.5. The van der Waals surface area contributed by atoms with Gasteiger partial charge in [0.15, 0.2) is 11.5 Å². The summed E-state index contributed by atoms with van der Waals surface area (Å²) in [4.78, 5) is 26.1. The van der Waals surface area contributed by atoms with E-state index in [1.165, 1.54) is 31.5 Å². The first-order valence-electron chi connectivity index (χ1n) is 7.92. The highest BCUT2D eigenvalue weighted by Gasteiger charge is 2.20. The number of pyridine rings is 1. The fourth-order valence-corrected chi connectivity index (χ4v) is 2.07. The molecule has 2 aromatic rings. The maximum atomic E-state index is 11.5. The molecule has 1 N–H and O–H groups in total. The van der Waals surface area contributed by atoms with E-state index in [1.54, 1.807) is 13.0 Å². The van der Waals surface area contributed by atoms with Crippen LogP contribution in [0.25, 0.3) is 0 Å². The molecule has 0 saturated heterocycles. The number of hydrogen-bond acceptors (Lipinski definition) is 7. The summed E-state index contributed by atoms with van der Waals surface area (Å²) in [6.45, 7) is 5.63. The van der Waals surface area contributed by atoms with Crippen LogP contribution in [0, 0.1) is 17.0 Å². The fraction of sp³-hybridized carbons (Fsp3) is 0.222. The molecule has 0 saturated carbocycles. The minimum Gasteiger partial charge on any atom is -0.487 e. The lowest BCUT2D eigenvalue weighted by Gasteiger charge is -2.14. The minimum atomic E-state index is -0.570. The van der Waals surface area contributed by atoms with E-state index in [0.717, 1.165) is 6.08 Å². The zero-order valence-corrected chi connectivity index (χ0v) is 14.9. The molecule has 1 aromatic heterocycles. The van der Waals surface area contributed by atoms with E-state index in [-0.39, 0.29) is 35.6 Å². The molecule has 0 fully saturated rings. The summed E-state index contributed by atoms with van der Waals surface area (Å²) in [5, 5.41) is 13.9. The van der Waals surface area contributed by atoms with Gasteiger partial charge in [-0.3, -0.25) is 14.9 Å². The van der Waals surface area contributed by atoms with Crippen molar-refractivity contribution in [1.82, 2.24) is 4.98 Å². The molecule has 1 heterocycles. The van der Waals surface area contributed by atoms with Gasteiger partial charge in [-0.15, -0.1) is 0 Å². The molecular weight excluding hydrogens is 354 g/mol. The molecule has 0 bridgehead atoms. The molecule has 0 aliphatic carbocycles. The number of carbonyl (C=O) groups excluding carboxylic acids is 1. The van der Waals surface area contributed by atoms with Crippen LogP contribution in [0.1, 0.15) is 5.56 Å². The lowest BCUT2D eigenvalue weighted by atomic mass is 10.2. The number of aryl methyl sites for hydroxylation is 1. The Bertz CT molecular complexity index is 853. The Balaban J connectivity index is 2.35. The Labute approximate surface area is 155 Å². The first kappa shape index (κ1) is 19.9. The molecule has 0 unspecified atom stereocenters. The zero-order valence-electron chi connectivity index (χ0n) is 14.9. The average molecular weight is 373 g/mol. The Morgan fingerprint density at radius 1 is 1.33 bits per heavy atom. The van der Waals surface area contributed by atoms with Gasteiger partial charge in [0.05, 0.1) is 11.5 Å². The SMILES string of the molecule is C=CC(=O)Nc1ccc(Oc2ncc(C)cc2[N+](=O)[O-])c(OCCOC)c1. The number of methoxy groups -OCH3 is 1.